The zero-order valence-corrected chi connectivity index (χ0v) is 12.2. The molecule has 4 nitrogen and oxygen atoms in total. The molecular formula is C14H20N2O2S. The van der Waals surface area contributed by atoms with Crippen LogP contribution in [0.3, 0.4) is 0 Å². The van der Waals surface area contributed by atoms with Crippen molar-refractivity contribution in [3.63, 3.8) is 0 Å². The third-order valence-electron chi connectivity index (χ3n) is 2.46. The summed E-state index contributed by atoms with van der Waals surface area (Å²) in [5, 5.41) is 5.87. The van der Waals surface area contributed by atoms with E-state index in [2.05, 4.69) is 17.6 Å². The molecule has 1 rings (SSSR count). The highest BCUT2D eigenvalue weighted by Crippen LogP contribution is 2.23. The summed E-state index contributed by atoms with van der Waals surface area (Å²) in [6.07, 6.45) is 2.49. The summed E-state index contributed by atoms with van der Waals surface area (Å²) >= 11 is 5.07. The van der Waals surface area contributed by atoms with E-state index in [0.29, 0.717) is 18.1 Å². The topological polar surface area (TPSA) is 50.4 Å². The zero-order chi connectivity index (χ0) is 14.1. The van der Waals surface area contributed by atoms with Gasteiger partial charge >= 0.3 is 0 Å². The van der Waals surface area contributed by atoms with Gasteiger partial charge in [-0.1, -0.05) is 32.4 Å². The maximum atomic E-state index is 11.2. The van der Waals surface area contributed by atoms with Crippen LogP contribution in [-0.2, 0) is 4.79 Å². The third-order valence-corrected chi connectivity index (χ3v) is 2.67. The second kappa shape index (κ2) is 8.48. The predicted molar refractivity (Wildman–Crippen MR) is 81.5 cm³/mol. The number of amides is 1. The van der Waals surface area contributed by atoms with Crippen LogP contribution >= 0.6 is 12.2 Å². The van der Waals surface area contributed by atoms with Gasteiger partial charge in [0.25, 0.3) is 0 Å². The number of ether oxygens (including phenoxy) is 1. The van der Waals surface area contributed by atoms with Gasteiger partial charge in [-0.15, -0.1) is 0 Å². The summed E-state index contributed by atoms with van der Waals surface area (Å²) in [7, 11) is 0. The number of hydrogen-bond donors (Lipinski definition) is 2. The molecule has 1 amide bonds. The van der Waals surface area contributed by atoms with Crippen molar-refractivity contribution in [3.8, 4) is 5.75 Å². The number of para-hydroxylation sites is 2. The Balaban J connectivity index is 2.61. The fourth-order valence-electron chi connectivity index (χ4n) is 1.39. The Morgan fingerprint density at radius 3 is 2.74 bits per heavy atom. The summed E-state index contributed by atoms with van der Waals surface area (Å²) in [6.45, 7) is 4.56. The molecule has 0 atom stereocenters. The highest BCUT2D eigenvalue weighted by Gasteiger charge is 2.06. The zero-order valence-electron chi connectivity index (χ0n) is 11.4. The molecule has 0 radical (unpaired) electrons. The molecule has 0 saturated carbocycles. The number of carbonyl (C=O) groups is 1. The molecule has 0 fully saturated rings. The Bertz CT molecular complexity index is 435. The minimum absolute atomic E-state index is 0.109. The van der Waals surface area contributed by atoms with Crippen molar-refractivity contribution in [2.75, 3.05) is 11.9 Å². The lowest BCUT2D eigenvalue weighted by molar-refractivity contribution is -0.119. The number of nitrogens with one attached hydrogen (secondary N) is 2. The molecule has 0 bridgehead atoms. The Kier molecular flexibility index (Phi) is 6.89. The SMILES string of the molecule is CCCCOc1ccccc1NC(=S)NC(=O)CC. The minimum Gasteiger partial charge on any atom is -0.491 e. The van der Waals surface area contributed by atoms with Crippen molar-refractivity contribution >= 4 is 28.9 Å². The number of anilines is 1. The van der Waals surface area contributed by atoms with Crippen molar-refractivity contribution in [1.29, 1.82) is 0 Å². The highest BCUT2D eigenvalue weighted by molar-refractivity contribution is 7.80. The third kappa shape index (κ3) is 5.70. The first-order valence-corrected chi connectivity index (χ1v) is 6.90. The molecule has 0 unspecified atom stereocenters. The summed E-state index contributed by atoms with van der Waals surface area (Å²) in [4.78, 5) is 11.2. The monoisotopic (exact) mass is 280 g/mol. The van der Waals surface area contributed by atoms with Crippen LogP contribution in [0, 0.1) is 0 Å². The fourth-order valence-corrected chi connectivity index (χ4v) is 1.61. The number of carbonyl (C=O) groups excluding carboxylic acids is 1. The first kappa shape index (κ1) is 15.4. The van der Waals surface area contributed by atoms with Crippen molar-refractivity contribution in [2.24, 2.45) is 0 Å². The van der Waals surface area contributed by atoms with E-state index in [0.717, 1.165) is 24.3 Å². The Hall–Kier alpha value is -1.62. The number of unbranched alkanes of at least 4 members (excludes halogenated alkanes) is 1. The van der Waals surface area contributed by atoms with Crippen LogP contribution in [0.4, 0.5) is 5.69 Å². The summed E-state index contributed by atoms with van der Waals surface area (Å²) in [6, 6.07) is 7.54. The molecule has 0 saturated heterocycles. The van der Waals surface area contributed by atoms with E-state index in [9.17, 15) is 4.79 Å². The Labute approximate surface area is 119 Å². The van der Waals surface area contributed by atoms with Crippen LogP contribution in [-0.4, -0.2) is 17.6 Å². The van der Waals surface area contributed by atoms with Crippen LogP contribution in [0.2, 0.25) is 0 Å². The molecule has 0 aliphatic carbocycles. The molecule has 0 aromatic heterocycles. The van der Waals surface area contributed by atoms with Gasteiger partial charge in [-0.25, -0.2) is 0 Å². The van der Waals surface area contributed by atoms with Crippen molar-refractivity contribution in [1.82, 2.24) is 5.32 Å². The van der Waals surface area contributed by atoms with Crippen LogP contribution in [0.15, 0.2) is 24.3 Å². The van der Waals surface area contributed by atoms with Gasteiger partial charge in [0.2, 0.25) is 5.91 Å². The van der Waals surface area contributed by atoms with E-state index in [4.69, 9.17) is 17.0 Å². The van der Waals surface area contributed by atoms with Gasteiger partial charge in [0.15, 0.2) is 5.11 Å². The van der Waals surface area contributed by atoms with Gasteiger partial charge in [0.1, 0.15) is 5.75 Å². The average Bonchev–Trinajstić information content (AvgIpc) is 2.40. The molecule has 1 aromatic carbocycles. The maximum Gasteiger partial charge on any atom is 0.225 e. The van der Waals surface area contributed by atoms with Crippen molar-refractivity contribution in [2.45, 2.75) is 33.1 Å². The summed E-state index contributed by atoms with van der Waals surface area (Å²) < 4.78 is 5.67. The summed E-state index contributed by atoms with van der Waals surface area (Å²) in [5.74, 6) is 0.630. The molecule has 0 heterocycles. The van der Waals surface area contributed by atoms with Crippen molar-refractivity contribution in [3.05, 3.63) is 24.3 Å². The molecule has 0 spiro atoms. The number of hydrogen-bond acceptors (Lipinski definition) is 3. The average molecular weight is 280 g/mol. The molecule has 0 aliphatic heterocycles. The van der Waals surface area contributed by atoms with E-state index in [1.54, 1.807) is 6.92 Å². The molecule has 5 heteroatoms. The van der Waals surface area contributed by atoms with E-state index in [-0.39, 0.29) is 5.91 Å². The predicted octanol–water partition coefficient (Wildman–Crippen LogP) is 3.09. The van der Waals surface area contributed by atoms with Gasteiger partial charge in [0, 0.05) is 6.42 Å². The standard InChI is InChI=1S/C14H20N2O2S/c1-3-5-10-18-12-9-7-6-8-11(12)15-14(19)16-13(17)4-2/h6-9H,3-5,10H2,1-2H3,(H2,15,16,17,19). The van der Waals surface area contributed by atoms with Gasteiger partial charge in [-0.3, -0.25) is 4.79 Å². The summed E-state index contributed by atoms with van der Waals surface area (Å²) in [5.41, 5.74) is 0.764. The second-order valence-electron chi connectivity index (χ2n) is 4.05. The number of benzene rings is 1. The maximum absolute atomic E-state index is 11.2. The molecule has 1 aromatic rings. The lowest BCUT2D eigenvalue weighted by Crippen LogP contribution is -2.33. The quantitative estimate of drug-likeness (QED) is 0.621. The lowest BCUT2D eigenvalue weighted by Gasteiger charge is -2.13. The lowest BCUT2D eigenvalue weighted by atomic mass is 10.3. The number of rotatable bonds is 6. The Morgan fingerprint density at radius 1 is 1.32 bits per heavy atom. The molecule has 2 N–H and O–H groups in total. The molecular weight excluding hydrogens is 260 g/mol. The van der Waals surface area contributed by atoms with Crippen molar-refractivity contribution < 1.29 is 9.53 Å². The Morgan fingerprint density at radius 2 is 2.05 bits per heavy atom. The fraction of sp³-hybridized carbons (Fsp3) is 0.429. The van der Waals surface area contributed by atoms with E-state index in [1.165, 1.54) is 0 Å². The van der Waals surface area contributed by atoms with Gasteiger partial charge in [-0.05, 0) is 30.8 Å². The number of thiocarbonyl (C=S) groups is 1. The van der Waals surface area contributed by atoms with Crippen LogP contribution in [0.1, 0.15) is 33.1 Å². The van der Waals surface area contributed by atoms with Gasteiger partial charge in [0.05, 0.1) is 12.3 Å². The van der Waals surface area contributed by atoms with Crippen LogP contribution in [0.25, 0.3) is 0 Å². The van der Waals surface area contributed by atoms with E-state index in [1.807, 2.05) is 24.3 Å². The largest absolute Gasteiger partial charge is 0.491 e. The van der Waals surface area contributed by atoms with E-state index < -0.39 is 0 Å². The normalized spacial score (nSPS) is 9.79. The minimum atomic E-state index is -0.109. The smallest absolute Gasteiger partial charge is 0.225 e. The van der Waals surface area contributed by atoms with E-state index >= 15 is 0 Å². The molecule has 104 valence electrons. The first-order chi connectivity index (χ1) is 9.17. The van der Waals surface area contributed by atoms with Gasteiger partial charge < -0.3 is 15.4 Å². The van der Waals surface area contributed by atoms with Gasteiger partial charge in [-0.2, -0.15) is 0 Å². The highest BCUT2D eigenvalue weighted by atomic mass is 32.1. The first-order valence-electron chi connectivity index (χ1n) is 6.50. The van der Waals surface area contributed by atoms with Crippen LogP contribution in [0.5, 0.6) is 5.75 Å². The second-order valence-corrected chi connectivity index (χ2v) is 4.46. The van der Waals surface area contributed by atoms with Crippen LogP contribution < -0.4 is 15.4 Å². The molecule has 19 heavy (non-hydrogen) atoms. The molecule has 0 aliphatic rings.